The Hall–Kier alpha value is -4.31. The first-order valence-electron chi connectivity index (χ1n) is 12.0. The van der Waals surface area contributed by atoms with Crippen molar-refractivity contribution < 1.29 is 13.5 Å². The largest absolute Gasteiger partial charge is 0.497 e. The van der Waals surface area contributed by atoms with Crippen LogP contribution in [0, 0.1) is 11.6 Å². The van der Waals surface area contributed by atoms with E-state index in [-0.39, 0.29) is 12.1 Å². The second-order valence-corrected chi connectivity index (χ2v) is 9.16. The van der Waals surface area contributed by atoms with E-state index in [1.807, 2.05) is 59.5 Å². The number of nitrogens with one attached hydrogen (secondary N) is 2. The first-order chi connectivity index (χ1) is 18.4. The van der Waals surface area contributed by atoms with Gasteiger partial charge < -0.3 is 20.3 Å². The highest BCUT2D eigenvalue weighted by atomic mass is 32.1. The molecule has 0 aliphatic carbocycles. The van der Waals surface area contributed by atoms with Crippen molar-refractivity contribution in [3.63, 3.8) is 0 Å². The van der Waals surface area contributed by atoms with Gasteiger partial charge in [-0.2, -0.15) is 0 Å². The molecule has 1 aliphatic rings. The lowest BCUT2D eigenvalue weighted by atomic mass is 10.1. The molecular formula is C28H25F2N5O2S. The van der Waals surface area contributed by atoms with Crippen molar-refractivity contribution in [3.05, 3.63) is 112 Å². The fraction of sp³-hybridized carbons (Fsp3) is 0.179. The third-order valence-corrected chi connectivity index (χ3v) is 6.67. The van der Waals surface area contributed by atoms with Gasteiger partial charge in [-0.15, -0.1) is 0 Å². The molecule has 194 valence electrons. The first-order valence-corrected chi connectivity index (χ1v) is 12.4. The maximum Gasteiger partial charge on any atom is 0.264 e. The highest BCUT2D eigenvalue weighted by Crippen LogP contribution is 2.22. The van der Waals surface area contributed by atoms with Crippen molar-refractivity contribution in [2.45, 2.75) is 19.5 Å². The van der Waals surface area contributed by atoms with Crippen LogP contribution in [0.5, 0.6) is 5.75 Å². The Kier molecular flexibility index (Phi) is 7.32. The van der Waals surface area contributed by atoms with E-state index in [1.54, 1.807) is 11.7 Å². The number of hydrogen-bond donors (Lipinski definition) is 2. The molecule has 0 saturated heterocycles. The van der Waals surface area contributed by atoms with Crippen LogP contribution in [-0.4, -0.2) is 33.2 Å². The predicted molar refractivity (Wildman–Crippen MR) is 147 cm³/mol. The maximum atomic E-state index is 13.8. The Balaban J connectivity index is 1.42. The summed E-state index contributed by atoms with van der Waals surface area (Å²) >= 11 is 5.52. The summed E-state index contributed by atoms with van der Waals surface area (Å²) in [6, 6.07) is 20.5. The highest BCUT2D eigenvalue weighted by Gasteiger charge is 2.25. The van der Waals surface area contributed by atoms with Gasteiger partial charge in [0.1, 0.15) is 5.75 Å². The van der Waals surface area contributed by atoms with Crippen molar-refractivity contribution in [2.75, 3.05) is 24.3 Å². The number of nitrogens with zero attached hydrogens (tertiary/aromatic N) is 3. The standard InChI is InChI=1S/C28H25F2N5O2S/c1-37-21-10-7-18(8-11-21)16-31-27-33-25-13-14-34(28(38)32-19-9-12-23(29)24(30)15-19)17-22(25)26(36)35(27)20-5-3-2-4-6-20/h2-12,15H,13-14,16-17H2,1H3,(H,31,33)(H,32,38). The van der Waals surface area contributed by atoms with E-state index in [4.69, 9.17) is 21.9 Å². The Labute approximate surface area is 223 Å². The Morgan fingerprint density at radius 2 is 1.82 bits per heavy atom. The minimum atomic E-state index is -0.966. The van der Waals surface area contributed by atoms with Crippen LogP contribution in [0.25, 0.3) is 5.69 Å². The van der Waals surface area contributed by atoms with Crippen molar-refractivity contribution in [1.29, 1.82) is 0 Å². The molecule has 1 aromatic heterocycles. The maximum absolute atomic E-state index is 13.8. The summed E-state index contributed by atoms with van der Waals surface area (Å²) in [6.45, 7) is 1.22. The monoisotopic (exact) mass is 533 g/mol. The van der Waals surface area contributed by atoms with Crippen LogP contribution in [0.15, 0.2) is 77.6 Å². The predicted octanol–water partition coefficient (Wildman–Crippen LogP) is 4.89. The molecule has 0 saturated carbocycles. The number of benzene rings is 3. The number of ether oxygens (including phenoxy) is 1. The minimum Gasteiger partial charge on any atom is -0.497 e. The molecule has 0 fully saturated rings. The lowest BCUT2D eigenvalue weighted by Crippen LogP contribution is -2.43. The summed E-state index contributed by atoms with van der Waals surface area (Å²) < 4.78 is 33.7. The molecule has 0 amide bonds. The molecule has 1 aliphatic heterocycles. The van der Waals surface area contributed by atoms with Crippen LogP contribution < -0.4 is 20.9 Å². The van der Waals surface area contributed by atoms with E-state index in [1.165, 1.54) is 6.07 Å². The smallest absolute Gasteiger partial charge is 0.264 e. The molecule has 38 heavy (non-hydrogen) atoms. The number of para-hydroxylation sites is 1. The van der Waals surface area contributed by atoms with Gasteiger partial charge in [0.25, 0.3) is 5.56 Å². The van der Waals surface area contributed by atoms with Gasteiger partial charge in [0.2, 0.25) is 5.95 Å². The van der Waals surface area contributed by atoms with Crippen LogP contribution in [0.2, 0.25) is 0 Å². The molecule has 2 heterocycles. The van der Waals surface area contributed by atoms with Crippen molar-refractivity contribution in [1.82, 2.24) is 14.5 Å². The fourth-order valence-electron chi connectivity index (χ4n) is 4.29. The van der Waals surface area contributed by atoms with Crippen LogP contribution >= 0.6 is 12.2 Å². The van der Waals surface area contributed by atoms with E-state index >= 15 is 0 Å². The summed E-state index contributed by atoms with van der Waals surface area (Å²) in [7, 11) is 1.62. The third-order valence-electron chi connectivity index (χ3n) is 6.31. The molecule has 7 nitrogen and oxygen atoms in total. The number of halogens is 2. The Bertz CT molecular complexity index is 1530. The third kappa shape index (κ3) is 5.35. The van der Waals surface area contributed by atoms with E-state index in [9.17, 15) is 13.6 Å². The van der Waals surface area contributed by atoms with Gasteiger partial charge in [-0.25, -0.2) is 18.3 Å². The van der Waals surface area contributed by atoms with Crippen LogP contribution in [0.3, 0.4) is 0 Å². The highest BCUT2D eigenvalue weighted by molar-refractivity contribution is 7.80. The van der Waals surface area contributed by atoms with Crippen molar-refractivity contribution in [3.8, 4) is 11.4 Å². The summed E-state index contributed by atoms with van der Waals surface area (Å²) in [4.78, 5) is 20.5. The normalized spacial score (nSPS) is 12.6. The van der Waals surface area contributed by atoms with Crippen molar-refractivity contribution >= 4 is 29.0 Å². The number of hydrogen-bond acceptors (Lipinski definition) is 5. The van der Waals surface area contributed by atoms with E-state index in [0.717, 1.165) is 23.4 Å². The zero-order valence-corrected chi connectivity index (χ0v) is 21.4. The molecule has 0 bridgehead atoms. The zero-order valence-electron chi connectivity index (χ0n) is 20.6. The fourth-order valence-corrected chi connectivity index (χ4v) is 4.56. The van der Waals surface area contributed by atoms with Gasteiger partial charge in [0, 0.05) is 31.3 Å². The van der Waals surface area contributed by atoms with E-state index < -0.39 is 11.6 Å². The van der Waals surface area contributed by atoms with Crippen LogP contribution in [-0.2, 0) is 19.5 Å². The molecule has 4 aromatic rings. The summed E-state index contributed by atoms with van der Waals surface area (Å²) in [5, 5.41) is 6.57. The van der Waals surface area contributed by atoms with Crippen LogP contribution in [0.4, 0.5) is 20.4 Å². The second kappa shape index (κ2) is 11.0. The quantitative estimate of drug-likeness (QED) is 0.342. The van der Waals surface area contributed by atoms with Gasteiger partial charge in [0.15, 0.2) is 16.7 Å². The van der Waals surface area contributed by atoms with Crippen molar-refractivity contribution in [2.24, 2.45) is 0 Å². The van der Waals surface area contributed by atoms with Gasteiger partial charge in [-0.05, 0) is 54.2 Å². The number of rotatable bonds is 6. The van der Waals surface area contributed by atoms with E-state index in [0.29, 0.717) is 53.2 Å². The molecule has 0 radical (unpaired) electrons. The SMILES string of the molecule is COc1ccc(CNc2nc3c(c(=O)n2-c2ccccc2)CN(C(=S)Nc2ccc(F)c(F)c2)CC3)cc1. The molecule has 10 heteroatoms. The summed E-state index contributed by atoms with van der Waals surface area (Å²) in [5.74, 6) is -0.682. The summed E-state index contributed by atoms with van der Waals surface area (Å²) in [5.41, 5.74) is 3.06. The zero-order chi connectivity index (χ0) is 26.6. The van der Waals surface area contributed by atoms with Gasteiger partial charge in [-0.1, -0.05) is 30.3 Å². The minimum absolute atomic E-state index is 0.196. The second-order valence-electron chi connectivity index (χ2n) is 8.77. The molecule has 3 aromatic carbocycles. The number of anilines is 2. The number of methoxy groups -OCH3 is 1. The van der Waals surface area contributed by atoms with Gasteiger partial charge in [-0.3, -0.25) is 4.79 Å². The van der Waals surface area contributed by atoms with Crippen LogP contribution in [0.1, 0.15) is 16.8 Å². The van der Waals surface area contributed by atoms with Gasteiger partial charge in [0.05, 0.1) is 30.6 Å². The Morgan fingerprint density at radius 3 is 2.53 bits per heavy atom. The number of aromatic nitrogens is 2. The average molecular weight is 534 g/mol. The molecule has 0 spiro atoms. The van der Waals surface area contributed by atoms with E-state index in [2.05, 4.69) is 10.6 Å². The number of fused-ring (bicyclic) bond motifs is 1. The number of thiocarbonyl (C=S) groups is 1. The lowest BCUT2D eigenvalue weighted by molar-refractivity contribution is 0.390. The Morgan fingerprint density at radius 1 is 1.05 bits per heavy atom. The van der Waals surface area contributed by atoms with Gasteiger partial charge >= 0.3 is 0 Å². The topological polar surface area (TPSA) is 71.4 Å². The first kappa shape index (κ1) is 25.3. The molecule has 5 rings (SSSR count). The average Bonchev–Trinajstić information content (AvgIpc) is 2.94. The molecular weight excluding hydrogens is 508 g/mol. The molecule has 0 atom stereocenters. The molecule has 0 unspecified atom stereocenters. The summed E-state index contributed by atoms with van der Waals surface area (Å²) in [6.07, 6.45) is 0.497. The molecule has 2 N–H and O–H groups in total. The lowest BCUT2D eigenvalue weighted by Gasteiger charge is -2.31.